The largest absolute Gasteiger partial charge is 0.384 e. The average molecular weight is 296 g/mol. The number of carbonyl (C=O) groups excluding carboxylic acids is 2. The lowest BCUT2D eigenvalue weighted by Gasteiger charge is -2.27. The van der Waals surface area contributed by atoms with Gasteiger partial charge in [-0.1, -0.05) is 0 Å². The van der Waals surface area contributed by atoms with E-state index in [2.05, 4.69) is 5.32 Å². The predicted octanol–water partition coefficient (Wildman–Crippen LogP) is 1.16. The number of ether oxygens (including phenoxy) is 2. The molecule has 0 unspecified atom stereocenters. The van der Waals surface area contributed by atoms with Crippen molar-refractivity contribution in [2.24, 2.45) is 0 Å². The van der Waals surface area contributed by atoms with Gasteiger partial charge in [-0.2, -0.15) is 0 Å². The standard InChI is InChI=1S/C14H17FN2O4/c1-20-6-4-13(18)16-10-2-3-12(11(15)8-10)17-5-7-21-9-14(17)19/h2-3,8H,4-7,9H2,1H3,(H,16,18). The summed E-state index contributed by atoms with van der Waals surface area (Å²) >= 11 is 0. The minimum absolute atomic E-state index is 0.0467. The van der Waals surface area contributed by atoms with Crippen LogP contribution in [0.3, 0.4) is 0 Å². The van der Waals surface area contributed by atoms with Gasteiger partial charge in [0.2, 0.25) is 5.91 Å². The maximum Gasteiger partial charge on any atom is 0.253 e. The quantitative estimate of drug-likeness (QED) is 0.885. The Balaban J connectivity index is 2.06. The maximum absolute atomic E-state index is 14.1. The normalized spacial score (nSPS) is 15.1. The minimum Gasteiger partial charge on any atom is -0.384 e. The molecule has 21 heavy (non-hydrogen) atoms. The van der Waals surface area contributed by atoms with Crippen molar-refractivity contribution in [3.63, 3.8) is 0 Å². The van der Waals surface area contributed by atoms with E-state index in [-0.39, 0.29) is 30.5 Å². The van der Waals surface area contributed by atoms with Crippen molar-refractivity contribution < 1.29 is 23.5 Å². The first-order chi connectivity index (χ1) is 10.1. The van der Waals surface area contributed by atoms with E-state index in [1.165, 1.54) is 24.1 Å². The molecule has 1 N–H and O–H groups in total. The van der Waals surface area contributed by atoms with Gasteiger partial charge in [0.05, 0.1) is 25.3 Å². The number of anilines is 2. The second kappa shape index (κ2) is 7.14. The van der Waals surface area contributed by atoms with Gasteiger partial charge >= 0.3 is 0 Å². The number of amides is 2. The highest BCUT2D eigenvalue weighted by atomic mass is 19.1. The third-order valence-electron chi connectivity index (χ3n) is 3.04. The van der Waals surface area contributed by atoms with E-state index >= 15 is 0 Å². The van der Waals surface area contributed by atoms with Gasteiger partial charge in [-0.25, -0.2) is 4.39 Å². The lowest BCUT2D eigenvalue weighted by atomic mass is 10.2. The van der Waals surface area contributed by atoms with Gasteiger partial charge in [-0.05, 0) is 18.2 Å². The number of hydrogen-bond acceptors (Lipinski definition) is 4. The van der Waals surface area contributed by atoms with Gasteiger partial charge in [-0.15, -0.1) is 0 Å². The van der Waals surface area contributed by atoms with E-state index in [0.717, 1.165) is 0 Å². The summed E-state index contributed by atoms with van der Waals surface area (Å²) in [4.78, 5) is 24.5. The van der Waals surface area contributed by atoms with Crippen molar-refractivity contribution in [3.05, 3.63) is 24.0 Å². The Hall–Kier alpha value is -1.99. The summed E-state index contributed by atoms with van der Waals surface area (Å²) in [6.07, 6.45) is 0.196. The van der Waals surface area contributed by atoms with E-state index in [1.54, 1.807) is 6.07 Å². The molecule has 0 spiro atoms. The number of benzene rings is 1. The highest BCUT2D eigenvalue weighted by Crippen LogP contribution is 2.24. The van der Waals surface area contributed by atoms with Crippen LogP contribution in [-0.2, 0) is 19.1 Å². The lowest BCUT2D eigenvalue weighted by Crippen LogP contribution is -2.42. The molecule has 0 radical (unpaired) electrons. The van der Waals surface area contributed by atoms with Gasteiger partial charge in [0, 0.05) is 19.3 Å². The van der Waals surface area contributed by atoms with Crippen molar-refractivity contribution >= 4 is 23.2 Å². The van der Waals surface area contributed by atoms with E-state index < -0.39 is 5.82 Å². The number of rotatable bonds is 5. The number of nitrogens with one attached hydrogen (secondary N) is 1. The van der Waals surface area contributed by atoms with Crippen molar-refractivity contribution in [2.45, 2.75) is 6.42 Å². The number of nitrogens with zero attached hydrogens (tertiary/aromatic N) is 1. The summed E-state index contributed by atoms with van der Waals surface area (Å²) in [5, 5.41) is 2.57. The van der Waals surface area contributed by atoms with Crippen LogP contribution >= 0.6 is 0 Å². The van der Waals surface area contributed by atoms with E-state index in [9.17, 15) is 14.0 Å². The Morgan fingerprint density at radius 3 is 3.00 bits per heavy atom. The molecule has 114 valence electrons. The first-order valence-corrected chi connectivity index (χ1v) is 6.58. The SMILES string of the molecule is COCCC(=O)Nc1ccc(N2CCOCC2=O)c(F)c1. The summed E-state index contributed by atoms with van der Waals surface area (Å²) in [6, 6.07) is 4.24. The van der Waals surface area contributed by atoms with Gasteiger partial charge in [0.15, 0.2) is 0 Å². The number of hydrogen-bond donors (Lipinski definition) is 1. The summed E-state index contributed by atoms with van der Waals surface area (Å²) < 4.78 is 23.9. The molecule has 2 amide bonds. The minimum atomic E-state index is -0.560. The number of morpholine rings is 1. The van der Waals surface area contributed by atoms with Crippen LogP contribution in [0.1, 0.15) is 6.42 Å². The predicted molar refractivity (Wildman–Crippen MR) is 74.7 cm³/mol. The zero-order valence-electron chi connectivity index (χ0n) is 11.7. The Labute approximate surface area is 121 Å². The Bertz CT molecular complexity index is 536. The van der Waals surface area contributed by atoms with Crippen molar-refractivity contribution in [2.75, 3.05) is 43.7 Å². The van der Waals surface area contributed by atoms with Gasteiger partial charge in [0.25, 0.3) is 5.91 Å². The Kier molecular flexibility index (Phi) is 5.24. The highest BCUT2D eigenvalue weighted by Gasteiger charge is 2.22. The lowest BCUT2D eigenvalue weighted by molar-refractivity contribution is -0.125. The fraction of sp³-hybridized carbons (Fsp3) is 0.429. The zero-order chi connectivity index (χ0) is 15.2. The highest BCUT2D eigenvalue weighted by molar-refractivity contribution is 5.96. The fourth-order valence-electron chi connectivity index (χ4n) is 1.99. The molecule has 0 bridgehead atoms. The summed E-state index contributed by atoms with van der Waals surface area (Å²) in [6.45, 7) is 0.944. The molecule has 0 saturated carbocycles. The maximum atomic E-state index is 14.1. The molecule has 1 aliphatic heterocycles. The Morgan fingerprint density at radius 1 is 1.52 bits per heavy atom. The van der Waals surface area contributed by atoms with E-state index in [0.29, 0.717) is 25.4 Å². The third kappa shape index (κ3) is 3.99. The summed E-state index contributed by atoms with van der Waals surface area (Å²) in [5.74, 6) is -1.10. The van der Waals surface area contributed by atoms with Crippen LogP contribution in [-0.4, -0.2) is 45.3 Å². The fourth-order valence-corrected chi connectivity index (χ4v) is 1.99. The second-order valence-electron chi connectivity index (χ2n) is 4.56. The molecule has 0 aromatic heterocycles. The van der Waals surface area contributed by atoms with Crippen LogP contribution in [0.5, 0.6) is 0 Å². The van der Waals surface area contributed by atoms with Crippen molar-refractivity contribution in [1.82, 2.24) is 0 Å². The van der Waals surface area contributed by atoms with Crippen molar-refractivity contribution in [1.29, 1.82) is 0 Å². The molecule has 0 aliphatic carbocycles. The smallest absolute Gasteiger partial charge is 0.253 e. The molecule has 1 heterocycles. The molecule has 1 aromatic rings. The molecular weight excluding hydrogens is 279 g/mol. The summed E-state index contributed by atoms with van der Waals surface area (Å²) in [7, 11) is 1.50. The molecule has 6 nitrogen and oxygen atoms in total. The van der Waals surface area contributed by atoms with Gasteiger partial charge < -0.3 is 19.7 Å². The first-order valence-electron chi connectivity index (χ1n) is 6.58. The van der Waals surface area contributed by atoms with Crippen LogP contribution in [0.15, 0.2) is 18.2 Å². The molecule has 7 heteroatoms. The van der Waals surface area contributed by atoms with E-state index in [1.807, 2.05) is 0 Å². The molecular formula is C14H17FN2O4. The monoisotopic (exact) mass is 296 g/mol. The summed E-state index contributed by atoms with van der Waals surface area (Å²) in [5.41, 5.74) is 0.538. The van der Waals surface area contributed by atoms with Crippen LogP contribution in [0.4, 0.5) is 15.8 Å². The Morgan fingerprint density at radius 2 is 2.33 bits per heavy atom. The van der Waals surface area contributed by atoms with Gasteiger partial charge in [-0.3, -0.25) is 9.59 Å². The van der Waals surface area contributed by atoms with Crippen LogP contribution < -0.4 is 10.2 Å². The molecule has 0 atom stereocenters. The molecule has 1 aliphatic rings. The van der Waals surface area contributed by atoms with Crippen LogP contribution in [0, 0.1) is 5.82 Å². The van der Waals surface area contributed by atoms with Crippen molar-refractivity contribution in [3.8, 4) is 0 Å². The van der Waals surface area contributed by atoms with Crippen LogP contribution in [0.2, 0.25) is 0 Å². The molecule has 1 fully saturated rings. The molecule has 1 aromatic carbocycles. The molecule has 1 saturated heterocycles. The average Bonchev–Trinajstić information content (AvgIpc) is 2.46. The molecule has 2 rings (SSSR count). The third-order valence-corrected chi connectivity index (χ3v) is 3.04. The second-order valence-corrected chi connectivity index (χ2v) is 4.56. The number of carbonyl (C=O) groups is 2. The van der Waals surface area contributed by atoms with Gasteiger partial charge in [0.1, 0.15) is 12.4 Å². The first kappa shape index (κ1) is 15.4. The number of halogens is 1. The van der Waals surface area contributed by atoms with E-state index in [4.69, 9.17) is 9.47 Å². The topological polar surface area (TPSA) is 67.9 Å². The zero-order valence-corrected chi connectivity index (χ0v) is 11.7. The number of methoxy groups -OCH3 is 1. The van der Waals surface area contributed by atoms with Crippen LogP contribution in [0.25, 0.3) is 0 Å².